The summed E-state index contributed by atoms with van der Waals surface area (Å²) in [7, 11) is 0. The maximum absolute atomic E-state index is 11.8. The SMILES string of the molecule is CC1=NOC(C(=O)NCCCc2nc3ccccc3s2)C1. The second kappa shape index (κ2) is 6.22. The summed E-state index contributed by atoms with van der Waals surface area (Å²) in [6.07, 6.45) is 1.88. The smallest absolute Gasteiger partial charge is 0.264 e. The molecule has 21 heavy (non-hydrogen) atoms. The number of oxime groups is 1. The van der Waals surface area contributed by atoms with Gasteiger partial charge in [-0.05, 0) is 25.5 Å². The van der Waals surface area contributed by atoms with E-state index in [9.17, 15) is 4.79 Å². The molecule has 5 nitrogen and oxygen atoms in total. The summed E-state index contributed by atoms with van der Waals surface area (Å²) < 4.78 is 1.21. The Kier molecular flexibility index (Phi) is 4.15. The van der Waals surface area contributed by atoms with Crippen molar-refractivity contribution in [3.63, 3.8) is 0 Å². The molecule has 2 heterocycles. The third-order valence-corrected chi connectivity index (χ3v) is 4.41. The van der Waals surface area contributed by atoms with Crippen LogP contribution in [-0.4, -0.2) is 29.3 Å². The van der Waals surface area contributed by atoms with Gasteiger partial charge < -0.3 is 10.2 Å². The zero-order chi connectivity index (χ0) is 14.7. The second-order valence-corrected chi connectivity index (χ2v) is 6.21. The number of thiazole rings is 1. The van der Waals surface area contributed by atoms with Crippen LogP contribution in [0, 0.1) is 0 Å². The van der Waals surface area contributed by atoms with Crippen molar-refractivity contribution < 1.29 is 9.63 Å². The number of hydrogen-bond acceptors (Lipinski definition) is 5. The first-order valence-electron chi connectivity index (χ1n) is 7.04. The molecule has 1 atom stereocenters. The fraction of sp³-hybridized carbons (Fsp3) is 0.400. The molecule has 1 aromatic heterocycles. The third-order valence-electron chi connectivity index (χ3n) is 3.31. The highest BCUT2D eigenvalue weighted by atomic mass is 32.1. The number of nitrogens with zero attached hydrogens (tertiary/aromatic N) is 2. The van der Waals surface area contributed by atoms with Gasteiger partial charge in [0.15, 0.2) is 0 Å². The number of nitrogens with one attached hydrogen (secondary N) is 1. The second-order valence-electron chi connectivity index (χ2n) is 5.09. The number of fused-ring (bicyclic) bond motifs is 1. The number of aryl methyl sites for hydroxylation is 1. The first-order chi connectivity index (χ1) is 10.2. The average Bonchev–Trinajstić information content (AvgIpc) is 3.09. The number of benzene rings is 1. The fourth-order valence-corrected chi connectivity index (χ4v) is 3.24. The maximum Gasteiger partial charge on any atom is 0.264 e. The van der Waals surface area contributed by atoms with Crippen molar-refractivity contribution in [1.29, 1.82) is 0 Å². The maximum atomic E-state index is 11.8. The summed E-state index contributed by atoms with van der Waals surface area (Å²) in [5, 5.41) is 7.79. The molecule has 0 saturated carbocycles. The van der Waals surface area contributed by atoms with Gasteiger partial charge in [0.05, 0.1) is 20.9 Å². The van der Waals surface area contributed by atoms with Crippen molar-refractivity contribution in [3.8, 4) is 0 Å². The largest absolute Gasteiger partial charge is 0.382 e. The van der Waals surface area contributed by atoms with E-state index in [0.717, 1.165) is 29.1 Å². The van der Waals surface area contributed by atoms with E-state index in [2.05, 4.69) is 21.5 Å². The van der Waals surface area contributed by atoms with Crippen molar-refractivity contribution in [2.45, 2.75) is 32.3 Å². The number of carbonyl (C=O) groups excluding carboxylic acids is 1. The Morgan fingerprint density at radius 3 is 3.10 bits per heavy atom. The van der Waals surface area contributed by atoms with Gasteiger partial charge in [0.2, 0.25) is 6.10 Å². The number of rotatable bonds is 5. The lowest BCUT2D eigenvalue weighted by molar-refractivity contribution is -0.131. The van der Waals surface area contributed by atoms with Crippen LogP contribution >= 0.6 is 11.3 Å². The van der Waals surface area contributed by atoms with E-state index in [1.165, 1.54) is 4.70 Å². The summed E-state index contributed by atoms with van der Waals surface area (Å²) in [4.78, 5) is 21.4. The van der Waals surface area contributed by atoms with E-state index in [1.807, 2.05) is 25.1 Å². The Bertz CT molecular complexity index is 647. The highest BCUT2D eigenvalue weighted by Gasteiger charge is 2.25. The molecule has 110 valence electrons. The molecule has 0 saturated heterocycles. The number of aromatic nitrogens is 1. The third kappa shape index (κ3) is 3.39. The minimum absolute atomic E-state index is 0.0834. The van der Waals surface area contributed by atoms with Gasteiger partial charge in [-0.25, -0.2) is 4.98 Å². The van der Waals surface area contributed by atoms with E-state index in [0.29, 0.717) is 13.0 Å². The molecule has 1 aliphatic heterocycles. The van der Waals surface area contributed by atoms with Crippen LogP contribution in [0.4, 0.5) is 0 Å². The number of carbonyl (C=O) groups is 1. The molecular weight excluding hydrogens is 286 g/mol. The molecule has 3 rings (SSSR count). The van der Waals surface area contributed by atoms with Gasteiger partial charge in [-0.2, -0.15) is 0 Å². The molecule has 0 bridgehead atoms. The van der Waals surface area contributed by atoms with Gasteiger partial charge in [-0.15, -0.1) is 11.3 Å². The van der Waals surface area contributed by atoms with Gasteiger partial charge in [-0.3, -0.25) is 4.79 Å². The quantitative estimate of drug-likeness (QED) is 0.863. The Labute approximate surface area is 127 Å². The van der Waals surface area contributed by atoms with Crippen molar-refractivity contribution in [2.75, 3.05) is 6.54 Å². The normalized spacial score (nSPS) is 17.6. The van der Waals surface area contributed by atoms with E-state index in [4.69, 9.17) is 4.84 Å². The van der Waals surface area contributed by atoms with Crippen LogP contribution in [-0.2, 0) is 16.1 Å². The molecule has 1 N–H and O–H groups in total. The van der Waals surface area contributed by atoms with Crippen molar-refractivity contribution in [1.82, 2.24) is 10.3 Å². The highest BCUT2D eigenvalue weighted by molar-refractivity contribution is 7.18. The molecule has 6 heteroatoms. The van der Waals surface area contributed by atoms with Crippen LogP contribution in [0.3, 0.4) is 0 Å². The summed E-state index contributed by atoms with van der Waals surface area (Å²) in [5.41, 5.74) is 1.91. The minimum Gasteiger partial charge on any atom is -0.382 e. The monoisotopic (exact) mass is 303 g/mol. The van der Waals surface area contributed by atoms with Crippen LogP contribution < -0.4 is 5.32 Å². The molecule has 0 aliphatic carbocycles. The fourth-order valence-electron chi connectivity index (χ4n) is 2.23. The molecule has 1 amide bonds. The highest BCUT2D eigenvalue weighted by Crippen LogP contribution is 2.22. The average molecular weight is 303 g/mol. The van der Waals surface area contributed by atoms with Crippen molar-refractivity contribution in [3.05, 3.63) is 29.3 Å². The number of hydrogen-bond donors (Lipinski definition) is 1. The minimum atomic E-state index is -0.451. The van der Waals surface area contributed by atoms with Crippen LogP contribution in [0.1, 0.15) is 24.8 Å². The van der Waals surface area contributed by atoms with Crippen LogP contribution in [0.15, 0.2) is 29.4 Å². The van der Waals surface area contributed by atoms with Crippen molar-refractivity contribution >= 4 is 33.2 Å². The van der Waals surface area contributed by atoms with Crippen LogP contribution in [0.5, 0.6) is 0 Å². The summed E-state index contributed by atoms with van der Waals surface area (Å²) >= 11 is 1.71. The Morgan fingerprint density at radius 2 is 2.33 bits per heavy atom. The van der Waals surface area contributed by atoms with Gasteiger partial charge >= 0.3 is 0 Å². The predicted octanol–water partition coefficient (Wildman–Crippen LogP) is 2.51. The lowest BCUT2D eigenvalue weighted by Gasteiger charge is -2.08. The molecule has 0 radical (unpaired) electrons. The summed E-state index contributed by atoms with van der Waals surface area (Å²) in [6, 6.07) is 8.13. The van der Waals surface area contributed by atoms with E-state index in [1.54, 1.807) is 11.3 Å². The number of amides is 1. The lowest BCUT2D eigenvalue weighted by Crippen LogP contribution is -2.35. The lowest BCUT2D eigenvalue weighted by atomic mass is 10.2. The Hall–Kier alpha value is -1.95. The topological polar surface area (TPSA) is 63.6 Å². The molecule has 0 spiro atoms. The van der Waals surface area contributed by atoms with Crippen molar-refractivity contribution in [2.24, 2.45) is 5.16 Å². The molecule has 1 unspecified atom stereocenters. The van der Waals surface area contributed by atoms with Gasteiger partial charge in [0, 0.05) is 19.4 Å². The van der Waals surface area contributed by atoms with Gasteiger partial charge in [-0.1, -0.05) is 17.3 Å². The summed E-state index contributed by atoms with van der Waals surface area (Å²) in [6.45, 7) is 2.49. The van der Waals surface area contributed by atoms with E-state index < -0.39 is 6.10 Å². The van der Waals surface area contributed by atoms with E-state index >= 15 is 0 Å². The summed E-state index contributed by atoms with van der Waals surface area (Å²) in [5.74, 6) is -0.0834. The van der Waals surface area contributed by atoms with E-state index in [-0.39, 0.29) is 5.91 Å². The predicted molar refractivity (Wildman–Crippen MR) is 83.5 cm³/mol. The zero-order valence-corrected chi connectivity index (χ0v) is 12.7. The van der Waals surface area contributed by atoms with Gasteiger partial charge in [0.25, 0.3) is 5.91 Å². The molecule has 2 aromatic rings. The first-order valence-corrected chi connectivity index (χ1v) is 7.85. The standard InChI is InChI=1S/C15H17N3O2S/c1-10-9-12(20-18-10)15(19)16-8-4-7-14-17-11-5-2-3-6-13(11)21-14/h2-3,5-6,12H,4,7-9H2,1H3,(H,16,19). The first kappa shape index (κ1) is 14.0. The Balaban J connectivity index is 1.43. The van der Waals surface area contributed by atoms with Crippen LogP contribution in [0.25, 0.3) is 10.2 Å². The zero-order valence-electron chi connectivity index (χ0n) is 11.8. The number of para-hydroxylation sites is 1. The van der Waals surface area contributed by atoms with Crippen LogP contribution in [0.2, 0.25) is 0 Å². The molecule has 0 fully saturated rings. The molecule has 1 aromatic carbocycles. The Morgan fingerprint density at radius 1 is 1.48 bits per heavy atom. The molecule has 1 aliphatic rings. The molecular formula is C15H17N3O2S. The van der Waals surface area contributed by atoms with Gasteiger partial charge in [0.1, 0.15) is 0 Å².